The number of anilines is 1. The average Bonchev–Trinajstić information content (AvgIpc) is 3.16. The number of aryl methyl sites for hydroxylation is 1. The van der Waals surface area contributed by atoms with E-state index in [2.05, 4.69) is 15.5 Å². The normalized spacial score (nSPS) is 11.6. The van der Waals surface area contributed by atoms with Crippen LogP contribution in [0.3, 0.4) is 0 Å². The molecular weight excluding hydrogens is 454 g/mol. The van der Waals surface area contributed by atoms with E-state index in [0.29, 0.717) is 22.4 Å². The van der Waals surface area contributed by atoms with Crippen LogP contribution in [0.25, 0.3) is 16.6 Å². The lowest BCUT2D eigenvalue weighted by Gasteiger charge is -2.13. The van der Waals surface area contributed by atoms with Gasteiger partial charge in [-0.1, -0.05) is 29.1 Å². The van der Waals surface area contributed by atoms with E-state index < -0.39 is 10.0 Å². The van der Waals surface area contributed by atoms with E-state index in [-0.39, 0.29) is 33.1 Å². The Morgan fingerprint density at radius 1 is 1.19 bits per heavy atom. The van der Waals surface area contributed by atoms with E-state index in [1.807, 2.05) is 0 Å². The molecule has 10 nitrogen and oxygen atoms in total. The number of hydrogen-bond donors (Lipinski definition) is 2. The van der Waals surface area contributed by atoms with Crippen LogP contribution in [0.15, 0.2) is 74.0 Å². The smallest absolute Gasteiger partial charge is 0.266 e. The van der Waals surface area contributed by atoms with Gasteiger partial charge in [-0.05, 0) is 43.3 Å². The van der Waals surface area contributed by atoms with Crippen LogP contribution in [-0.2, 0) is 14.8 Å². The number of carbonyl (C=O) groups is 1. The standard InChI is InChI=1S/C20H17N5O5S2/c1-12-10-17(24-30-12)23-18(26)11-31-20-22-16-5-3-2-4-15(16)19(27)25(20)13-6-8-14(9-7-13)32(21,28)29/h2-10H,11H2,1H3,(H2,21,28,29)(H,23,24,26). The van der Waals surface area contributed by atoms with Gasteiger partial charge in [0.05, 0.1) is 27.2 Å². The van der Waals surface area contributed by atoms with E-state index in [9.17, 15) is 18.0 Å². The second-order valence-electron chi connectivity index (χ2n) is 6.75. The van der Waals surface area contributed by atoms with Crippen molar-refractivity contribution >= 4 is 44.4 Å². The lowest BCUT2D eigenvalue weighted by molar-refractivity contribution is -0.113. The van der Waals surface area contributed by atoms with E-state index in [1.165, 1.54) is 28.8 Å². The first-order valence-corrected chi connectivity index (χ1v) is 11.8. The predicted molar refractivity (Wildman–Crippen MR) is 119 cm³/mol. The van der Waals surface area contributed by atoms with Crippen LogP contribution in [-0.4, -0.2) is 34.8 Å². The number of amides is 1. The molecule has 0 saturated heterocycles. The number of sulfonamides is 1. The number of benzene rings is 2. The Bertz CT molecular complexity index is 1480. The van der Waals surface area contributed by atoms with Crippen LogP contribution < -0.4 is 16.0 Å². The summed E-state index contributed by atoms with van der Waals surface area (Å²) in [5, 5.41) is 12.1. The zero-order valence-corrected chi connectivity index (χ0v) is 18.3. The third-order valence-electron chi connectivity index (χ3n) is 4.40. The molecule has 0 spiro atoms. The van der Waals surface area contributed by atoms with E-state index >= 15 is 0 Å². The Morgan fingerprint density at radius 2 is 1.91 bits per heavy atom. The molecule has 0 fully saturated rings. The van der Waals surface area contributed by atoms with Crippen molar-refractivity contribution in [2.24, 2.45) is 5.14 Å². The zero-order chi connectivity index (χ0) is 22.9. The van der Waals surface area contributed by atoms with Gasteiger partial charge in [0.1, 0.15) is 5.76 Å². The molecular formula is C20H17N5O5S2. The minimum atomic E-state index is -3.88. The Kier molecular flexibility index (Phi) is 5.82. The second kappa shape index (κ2) is 8.57. The molecule has 32 heavy (non-hydrogen) atoms. The number of hydrogen-bond acceptors (Lipinski definition) is 8. The van der Waals surface area contributed by atoms with Crippen molar-refractivity contribution in [1.29, 1.82) is 0 Å². The number of para-hydroxylation sites is 1. The fraction of sp³-hybridized carbons (Fsp3) is 0.100. The maximum absolute atomic E-state index is 13.2. The maximum atomic E-state index is 13.2. The third-order valence-corrected chi connectivity index (χ3v) is 6.26. The second-order valence-corrected chi connectivity index (χ2v) is 9.25. The van der Waals surface area contributed by atoms with Gasteiger partial charge in [-0.3, -0.25) is 14.2 Å². The number of nitrogens with zero attached hydrogens (tertiary/aromatic N) is 3. The van der Waals surface area contributed by atoms with Crippen LogP contribution in [0.2, 0.25) is 0 Å². The lowest BCUT2D eigenvalue weighted by atomic mass is 10.2. The fourth-order valence-electron chi connectivity index (χ4n) is 2.96. The molecule has 0 bridgehead atoms. The number of primary sulfonamides is 1. The van der Waals surface area contributed by atoms with Crippen LogP contribution in [0.5, 0.6) is 0 Å². The summed E-state index contributed by atoms with van der Waals surface area (Å²) in [6.07, 6.45) is 0. The van der Waals surface area contributed by atoms with Gasteiger partial charge in [0.2, 0.25) is 15.9 Å². The summed E-state index contributed by atoms with van der Waals surface area (Å²) in [6, 6.07) is 13.9. The van der Waals surface area contributed by atoms with E-state index in [4.69, 9.17) is 9.66 Å². The Labute approximate surface area is 186 Å². The molecule has 2 aromatic carbocycles. The number of aromatic nitrogens is 3. The maximum Gasteiger partial charge on any atom is 0.266 e. The summed E-state index contributed by atoms with van der Waals surface area (Å²) >= 11 is 1.05. The Balaban J connectivity index is 1.71. The molecule has 0 aliphatic heterocycles. The van der Waals surface area contributed by atoms with Gasteiger partial charge in [-0.2, -0.15) is 0 Å². The summed E-state index contributed by atoms with van der Waals surface area (Å²) in [7, 11) is -3.88. The minimum absolute atomic E-state index is 0.0497. The first-order valence-electron chi connectivity index (χ1n) is 9.23. The van der Waals surface area contributed by atoms with Crippen molar-refractivity contribution < 1.29 is 17.7 Å². The van der Waals surface area contributed by atoms with Crippen molar-refractivity contribution in [3.8, 4) is 5.69 Å². The Hall–Kier alpha value is -3.48. The SMILES string of the molecule is Cc1cc(NC(=O)CSc2nc3ccccc3c(=O)n2-c2ccc(S(N)(=O)=O)cc2)no1. The number of nitrogens with one attached hydrogen (secondary N) is 1. The molecule has 0 radical (unpaired) electrons. The molecule has 2 aromatic heterocycles. The highest BCUT2D eigenvalue weighted by molar-refractivity contribution is 7.99. The highest BCUT2D eigenvalue weighted by Gasteiger charge is 2.16. The summed E-state index contributed by atoms with van der Waals surface area (Å²) in [4.78, 5) is 30.0. The number of rotatable bonds is 6. The summed E-state index contributed by atoms with van der Waals surface area (Å²) in [5.41, 5.74) is 0.509. The monoisotopic (exact) mass is 471 g/mol. The summed E-state index contributed by atoms with van der Waals surface area (Å²) < 4.78 is 29.4. The van der Waals surface area contributed by atoms with E-state index in [1.54, 1.807) is 37.3 Å². The van der Waals surface area contributed by atoms with Crippen LogP contribution in [0, 0.1) is 6.92 Å². The van der Waals surface area contributed by atoms with Gasteiger partial charge < -0.3 is 9.84 Å². The molecule has 1 amide bonds. The molecule has 4 aromatic rings. The molecule has 3 N–H and O–H groups in total. The minimum Gasteiger partial charge on any atom is -0.360 e. The molecule has 4 rings (SSSR count). The predicted octanol–water partition coefficient (Wildman–Crippen LogP) is 2.06. The van der Waals surface area contributed by atoms with Crippen molar-refractivity contribution in [3.63, 3.8) is 0 Å². The topological polar surface area (TPSA) is 150 Å². The lowest BCUT2D eigenvalue weighted by Crippen LogP contribution is -2.23. The van der Waals surface area contributed by atoms with Gasteiger partial charge in [0, 0.05) is 6.07 Å². The number of fused-ring (bicyclic) bond motifs is 1. The highest BCUT2D eigenvalue weighted by Crippen LogP contribution is 2.22. The van der Waals surface area contributed by atoms with Crippen LogP contribution in [0.1, 0.15) is 5.76 Å². The van der Waals surface area contributed by atoms with Crippen molar-refractivity contribution in [2.75, 3.05) is 11.1 Å². The molecule has 0 unspecified atom stereocenters. The zero-order valence-electron chi connectivity index (χ0n) is 16.7. The van der Waals surface area contributed by atoms with Gasteiger partial charge in [0.25, 0.3) is 5.56 Å². The first kappa shape index (κ1) is 21.7. The van der Waals surface area contributed by atoms with Gasteiger partial charge >= 0.3 is 0 Å². The largest absolute Gasteiger partial charge is 0.360 e. The van der Waals surface area contributed by atoms with Crippen molar-refractivity contribution in [1.82, 2.24) is 14.7 Å². The number of thioether (sulfide) groups is 1. The average molecular weight is 472 g/mol. The van der Waals surface area contributed by atoms with E-state index in [0.717, 1.165) is 11.8 Å². The molecule has 0 atom stereocenters. The van der Waals surface area contributed by atoms with Crippen molar-refractivity contribution in [3.05, 3.63) is 70.7 Å². The number of carbonyl (C=O) groups excluding carboxylic acids is 1. The summed E-state index contributed by atoms with van der Waals surface area (Å²) in [5.74, 6) is 0.435. The first-order chi connectivity index (χ1) is 15.2. The molecule has 0 saturated carbocycles. The van der Waals surface area contributed by atoms with Crippen LogP contribution >= 0.6 is 11.8 Å². The van der Waals surface area contributed by atoms with Gasteiger partial charge in [-0.15, -0.1) is 0 Å². The fourth-order valence-corrected chi connectivity index (χ4v) is 4.28. The van der Waals surface area contributed by atoms with Gasteiger partial charge in [0.15, 0.2) is 11.0 Å². The van der Waals surface area contributed by atoms with Crippen LogP contribution in [0.4, 0.5) is 5.82 Å². The quantitative estimate of drug-likeness (QED) is 0.320. The molecule has 2 heterocycles. The summed E-state index contributed by atoms with van der Waals surface area (Å²) in [6.45, 7) is 1.70. The van der Waals surface area contributed by atoms with Crippen molar-refractivity contribution in [2.45, 2.75) is 17.0 Å². The molecule has 0 aliphatic carbocycles. The highest BCUT2D eigenvalue weighted by atomic mass is 32.2. The molecule has 0 aliphatic rings. The third kappa shape index (κ3) is 4.56. The Morgan fingerprint density at radius 3 is 2.56 bits per heavy atom. The van der Waals surface area contributed by atoms with Gasteiger partial charge in [-0.25, -0.2) is 18.5 Å². The molecule has 164 valence electrons. The number of nitrogens with two attached hydrogens (primary N) is 1. The molecule has 12 heteroatoms.